The summed E-state index contributed by atoms with van der Waals surface area (Å²) in [7, 11) is 0. The van der Waals surface area contributed by atoms with Crippen molar-refractivity contribution in [3.05, 3.63) is 21.9 Å². The average molecular weight is 309 g/mol. The van der Waals surface area contributed by atoms with Gasteiger partial charge in [-0.15, -0.1) is 11.3 Å². The van der Waals surface area contributed by atoms with Crippen molar-refractivity contribution in [3.63, 3.8) is 0 Å². The number of thiophene rings is 1. The molecule has 0 aromatic carbocycles. The van der Waals surface area contributed by atoms with Gasteiger partial charge in [-0.25, -0.2) is 0 Å². The van der Waals surface area contributed by atoms with E-state index in [1.807, 2.05) is 11.3 Å². The monoisotopic (exact) mass is 308 g/mol. The van der Waals surface area contributed by atoms with Crippen LogP contribution in [0.3, 0.4) is 0 Å². The summed E-state index contributed by atoms with van der Waals surface area (Å²) in [5, 5.41) is 3.86. The number of hydrogen-bond donors (Lipinski definition) is 1. The van der Waals surface area contributed by atoms with E-state index in [1.54, 1.807) is 0 Å². The Hall–Kier alpha value is -0.380. The summed E-state index contributed by atoms with van der Waals surface area (Å²) in [4.78, 5) is 5.80. The molecule has 1 aliphatic rings. The first kappa shape index (κ1) is 17.0. The highest BCUT2D eigenvalue weighted by atomic mass is 32.1. The first-order valence-electron chi connectivity index (χ1n) is 8.73. The van der Waals surface area contributed by atoms with Crippen LogP contribution in [-0.4, -0.2) is 29.6 Å². The van der Waals surface area contributed by atoms with Gasteiger partial charge in [-0.2, -0.15) is 0 Å². The van der Waals surface area contributed by atoms with Crippen molar-refractivity contribution in [2.45, 2.75) is 77.9 Å². The van der Waals surface area contributed by atoms with E-state index >= 15 is 0 Å². The first-order valence-corrected chi connectivity index (χ1v) is 9.54. The molecular weight excluding hydrogens is 276 g/mol. The Morgan fingerprint density at radius 2 is 1.90 bits per heavy atom. The molecule has 1 fully saturated rings. The van der Waals surface area contributed by atoms with Crippen LogP contribution in [0.4, 0.5) is 0 Å². The molecule has 1 atom stereocenters. The topological polar surface area (TPSA) is 15.3 Å². The van der Waals surface area contributed by atoms with E-state index < -0.39 is 0 Å². The Kier molecular flexibility index (Phi) is 6.27. The molecular formula is C18H32N2S. The van der Waals surface area contributed by atoms with Crippen molar-refractivity contribution >= 4 is 11.3 Å². The van der Waals surface area contributed by atoms with Crippen LogP contribution in [0, 0.1) is 0 Å². The minimum Gasteiger partial charge on any atom is -0.308 e. The van der Waals surface area contributed by atoms with Crippen molar-refractivity contribution in [2.24, 2.45) is 0 Å². The highest BCUT2D eigenvalue weighted by Gasteiger charge is 2.36. The van der Waals surface area contributed by atoms with Gasteiger partial charge < -0.3 is 5.32 Å². The summed E-state index contributed by atoms with van der Waals surface area (Å²) in [5.74, 6) is 0. The standard InChI is InChI=1S/C18H32N2S/c1-5-9-15-12-19-18(7-3,8-4)14-20(15)13-17-11-10-16(6-2)21-17/h10-11,15,19H,5-9,12-14H2,1-4H3. The van der Waals surface area contributed by atoms with Crippen molar-refractivity contribution in [2.75, 3.05) is 13.1 Å². The number of hydrogen-bond acceptors (Lipinski definition) is 3. The van der Waals surface area contributed by atoms with E-state index in [9.17, 15) is 0 Å². The van der Waals surface area contributed by atoms with Gasteiger partial charge in [0.15, 0.2) is 0 Å². The molecule has 1 saturated heterocycles. The van der Waals surface area contributed by atoms with Crippen molar-refractivity contribution in [1.29, 1.82) is 0 Å². The molecule has 2 heterocycles. The van der Waals surface area contributed by atoms with Crippen LogP contribution < -0.4 is 5.32 Å². The fourth-order valence-corrected chi connectivity index (χ4v) is 4.44. The number of piperazine rings is 1. The lowest BCUT2D eigenvalue weighted by molar-refractivity contribution is 0.0625. The second kappa shape index (κ2) is 7.75. The van der Waals surface area contributed by atoms with E-state index in [4.69, 9.17) is 0 Å². The van der Waals surface area contributed by atoms with Crippen molar-refractivity contribution in [3.8, 4) is 0 Å². The quantitative estimate of drug-likeness (QED) is 0.801. The van der Waals surface area contributed by atoms with Gasteiger partial charge in [-0.05, 0) is 37.8 Å². The second-order valence-corrected chi connectivity index (χ2v) is 7.69. The molecule has 1 aromatic heterocycles. The fourth-order valence-electron chi connectivity index (χ4n) is 3.46. The maximum Gasteiger partial charge on any atom is 0.0332 e. The zero-order valence-electron chi connectivity index (χ0n) is 14.2. The summed E-state index contributed by atoms with van der Waals surface area (Å²) in [6.07, 6.45) is 6.20. The van der Waals surface area contributed by atoms with E-state index in [0.717, 1.165) is 13.1 Å². The fraction of sp³-hybridized carbons (Fsp3) is 0.778. The lowest BCUT2D eigenvalue weighted by Gasteiger charge is -2.47. The minimum atomic E-state index is 0.328. The molecule has 0 saturated carbocycles. The number of nitrogens with zero attached hydrogens (tertiary/aromatic N) is 1. The molecule has 3 heteroatoms. The third kappa shape index (κ3) is 4.08. The molecule has 0 spiro atoms. The summed E-state index contributed by atoms with van der Waals surface area (Å²) >= 11 is 2.00. The smallest absolute Gasteiger partial charge is 0.0332 e. The van der Waals surface area contributed by atoms with Crippen LogP contribution in [0.25, 0.3) is 0 Å². The van der Waals surface area contributed by atoms with Crippen LogP contribution in [0.1, 0.15) is 63.1 Å². The van der Waals surface area contributed by atoms with E-state index in [2.05, 4.69) is 50.0 Å². The summed E-state index contributed by atoms with van der Waals surface area (Å²) in [6.45, 7) is 12.7. The molecule has 0 radical (unpaired) electrons. The Balaban J connectivity index is 2.09. The van der Waals surface area contributed by atoms with Crippen LogP contribution in [0.15, 0.2) is 12.1 Å². The predicted octanol–water partition coefficient (Wildman–Crippen LogP) is 4.44. The van der Waals surface area contributed by atoms with Crippen molar-refractivity contribution < 1.29 is 0 Å². The van der Waals surface area contributed by atoms with Gasteiger partial charge in [0.25, 0.3) is 0 Å². The molecule has 1 unspecified atom stereocenters. The highest BCUT2D eigenvalue weighted by molar-refractivity contribution is 7.11. The van der Waals surface area contributed by atoms with E-state index in [1.165, 1.54) is 48.4 Å². The van der Waals surface area contributed by atoms with Gasteiger partial charge in [0.05, 0.1) is 0 Å². The molecule has 21 heavy (non-hydrogen) atoms. The van der Waals surface area contributed by atoms with Gasteiger partial charge >= 0.3 is 0 Å². The Morgan fingerprint density at radius 1 is 1.19 bits per heavy atom. The van der Waals surface area contributed by atoms with Crippen LogP contribution in [0.5, 0.6) is 0 Å². The second-order valence-electron chi connectivity index (χ2n) is 6.44. The molecule has 0 aliphatic carbocycles. The zero-order valence-corrected chi connectivity index (χ0v) is 15.1. The molecule has 2 rings (SSSR count). The Bertz CT molecular complexity index is 423. The van der Waals surface area contributed by atoms with Crippen LogP contribution in [0.2, 0.25) is 0 Å². The SMILES string of the molecule is CCCC1CNC(CC)(CC)CN1Cc1ccc(CC)s1. The number of nitrogens with one attached hydrogen (secondary N) is 1. The van der Waals surface area contributed by atoms with E-state index in [0.29, 0.717) is 11.6 Å². The number of aryl methyl sites for hydroxylation is 1. The largest absolute Gasteiger partial charge is 0.308 e. The van der Waals surface area contributed by atoms with Gasteiger partial charge in [-0.1, -0.05) is 34.1 Å². The summed E-state index contributed by atoms with van der Waals surface area (Å²) < 4.78 is 0. The van der Waals surface area contributed by atoms with Crippen LogP contribution >= 0.6 is 11.3 Å². The first-order chi connectivity index (χ1) is 10.2. The zero-order chi connectivity index (χ0) is 15.3. The lowest BCUT2D eigenvalue weighted by atomic mass is 9.87. The maximum absolute atomic E-state index is 3.86. The van der Waals surface area contributed by atoms with Crippen molar-refractivity contribution in [1.82, 2.24) is 10.2 Å². The number of rotatable bonds is 7. The molecule has 1 aromatic rings. The normalized spacial score (nSPS) is 22.6. The predicted molar refractivity (Wildman–Crippen MR) is 94.1 cm³/mol. The summed E-state index contributed by atoms with van der Waals surface area (Å²) in [5.41, 5.74) is 0.328. The van der Waals surface area contributed by atoms with Gasteiger partial charge in [0.2, 0.25) is 0 Å². The van der Waals surface area contributed by atoms with Gasteiger partial charge in [0.1, 0.15) is 0 Å². The third-order valence-corrected chi connectivity index (χ3v) is 6.35. The van der Waals surface area contributed by atoms with Gasteiger partial charge in [0, 0.05) is 41.0 Å². The molecule has 2 nitrogen and oxygen atoms in total. The molecule has 120 valence electrons. The Morgan fingerprint density at radius 3 is 2.48 bits per heavy atom. The van der Waals surface area contributed by atoms with E-state index in [-0.39, 0.29) is 0 Å². The third-order valence-electron chi connectivity index (χ3n) is 5.13. The molecule has 1 aliphatic heterocycles. The highest BCUT2D eigenvalue weighted by Crippen LogP contribution is 2.27. The van der Waals surface area contributed by atoms with Crippen LogP contribution in [-0.2, 0) is 13.0 Å². The maximum atomic E-state index is 3.86. The molecule has 1 N–H and O–H groups in total. The lowest BCUT2D eigenvalue weighted by Crippen LogP contribution is -2.63. The average Bonchev–Trinajstić information content (AvgIpc) is 2.97. The summed E-state index contributed by atoms with van der Waals surface area (Å²) in [6, 6.07) is 5.35. The van der Waals surface area contributed by atoms with Gasteiger partial charge in [-0.3, -0.25) is 4.90 Å². The molecule has 0 amide bonds. The Labute approximate surface area is 134 Å². The molecule has 0 bridgehead atoms. The minimum absolute atomic E-state index is 0.328.